The quantitative estimate of drug-likeness (QED) is 0.775. The predicted octanol–water partition coefficient (Wildman–Crippen LogP) is 2.74. The SMILES string of the molecule is CCC(C)C(C)NC(C)C1CCCN(C)C1. The van der Waals surface area contributed by atoms with Crippen LogP contribution in [0, 0.1) is 11.8 Å². The summed E-state index contributed by atoms with van der Waals surface area (Å²) in [6.45, 7) is 11.9. The van der Waals surface area contributed by atoms with Gasteiger partial charge in [0, 0.05) is 18.6 Å². The third-order valence-corrected chi connectivity index (χ3v) is 4.39. The van der Waals surface area contributed by atoms with Crippen LogP contribution in [0.3, 0.4) is 0 Å². The summed E-state index contributed by atoms with van der Waals surface area (Å²) in [6, 6.07) is 1.30. The van der Waals surface area contributed by atoms with Crippen LogP contribution in [0.2, 0.25) is 0 Å². The number of likely N-dealkylation sites (tertiary alicyclic amines) is 1. The fraction of sp³-hybridized carbons (Fsp3) is 1.00. The molecule has 0 bridgehead atoms. The molecule has 0 aromatic rings. The third kappa shape index (κ3) is 4.06. The summed E-state index contributed by atoms with van der Waals surface area (Å²) in [5.41, 5.74) is 0. The molecule has 0 amide bonds. The Morgan fingerprint density at radius 1 is 1.31 bits per heavy atom. The second kappa shape index (κ2) is 6.61. The van der Waals surface area contributed by atoms with Gasteiger partial charge in [0.05, 0.1) is 0 Å². The van der Waals surface area contributed by atoms with Gasteiger partial charge in [-0.15, -0.1) is 0 Å². The lowest BCUT2D eigenvalue weighted by molar-refractivity contribution is 0.168. The lowest BCUT2D eigenvalue weighted by Crippen LogP contribution is -2.47. The van der Waals surface area contributed by atoms with Crippen molar-refractivity contribution in [2.45, 2.75) is 59.0 Å². The molecule has 0 aliphatic carbocycles. The number of piperidine rings is 1. The van der Waals surface area contributed by atoms with Gasteiger partial charge in [-0.25, -0.2) is 0 Å². The van der Waals surface area contributed by atoms with Crippen LogP contribution in [0.25, 0.3) is 0 Å². The van der Waals surface area contributed by atoms with Crippen LogP contribution in [0.4, 0.5) is 0 Å². The van der Waals surface area contributed by atoms with Crippen LogP contribution < -0.4 is 5.32 Å². The van der Waals surface area contributed by atoms with Crippen molar-refractivity contribution in [2.75, 3.05) is 20.1 Å². The highest BCUT2D eigenvalue weighted by atomic mass is 15.1. The Morgan fingerprint density at radius 3 is 2.56 bits per heavy atom. The number of nitrogens with zero attached hydrogens (tertiary/aromatic N) is 1. The zero-order chi connectivity index (χ0) is 12.1. The summed E-state index contributed by atoms with van der Waals surface area (Å²) >= 11 is 0. The van der Waals surface area contributed by atoms with E-state index >= 15 is 0 Å². The molecule has 1 heterocycles. The van der Waals surface area contributed by atoms with Crippen molar-refractivity contribution in [3.8, 4) is 0 Å². The smallest absolute Gasteiger partial charge is 0.00818 e. The first-order chi connectivity index (χ1) is 7.54. The van der Waals surface area contributed by atoms with Crippen molar-refractivity contribution in [1.82, 2.24) is 10.2 Å². The van der Waals surface area contributed by atoms with E-state index in [1.165, 1.54) is 32.4 Å². The van der Waals surface area contributed by atoms with Crippen LogP contribution in [-0.4, -0.2) is 37.1 Å². The molecular formula is C14H30N2. The van der Waals surface area contributed by atoms with Gasteiger partial charge in [-0.2, -0.15) is 0 Å². The fourth-order valence-electron chi connectivity index (χ4n) is 2.68. The second-order valence-corrected chi connectivity index (χ2v) is 5.79. The first kappa shape index (κ1) is 14.0. The van der Waals surface area contributed by atoms with Gasteiger partial charge in [0.25, 0.3) is 0 Å². The van der Waals surface area contributed by atoms with E-state index in [9.17, 15) is 0 Å². The summed E-state index contributed by atoms with van der Waals surface area (Å²) in [6.07, 6.45) is 4.03. The molecule has 4 atom stereocenters. The predicted molar refractivity (Wildman–Crippen MR) is 71.7 cm³/mol. The zero-order valence-corrected chi connectivity index (χ0v) is 11.8. The minimum absolute atomic E-state index is 0.646. The van der Waals surface area contributed by atoms with Gasteiger partial charge in [0.2, 0.25) is 0 Å². The summed E-state index contributed by atoms with van der Waals surface area (Å²) in [5.74, 6) is 1.62. The van der Waals surface area contributed by atoms with E-state index in [0.717, 1.165) is 11.8 Å². The Hall–Kier alpha value is -0.0800. The lowest BCUT2D eigenvalue weighted by Gasteiger charge is -2.36. The first-order valence-corrected chi connectivity index (χ1v) is 6.99. The Labute approximate surface area is 102 Å². The van der Waals surface area contributed by atoms with Gasteiger partial charge >= 0.3 is 0 Å². The molecule has 0 spiro atoms. The van der Waals surface area contributed by atoms with Gasteiger partial charge in [-0.3, -0.25) is 0 Å². The second-order valence-electron chi connectivity index (χ2n) is 5.79. The van der Waals surface area contributed by atoms with Crippen LogP contribution in [0.5, 0.6) is 0 Å². The summed E-state index contributed by atoms with van der Waals surface area (Å²) in [7, 11) is 2.25. The molecule has 1 N–H and O–H groups in total. The third-order valence-electron chi connectivity index (χ3n) is 4.39. The Kier molecular flexibility index (Phi) is 5.77. The van der Waals surface area contributed by atoms with E-state index < -0.39 is 0 Å². The average Bonchev–Trinajstić information content (AvgIpc) is 2.27. The molecule has 1 aliphatic heterocycles. The van der Waals surface area contributed by atoms with Crippen LogP contribution in [-0.2, 0) is 0 Å². The fourth-order valence-corrected chi connectivity index (χ4v) is 2.68. The number of nitrogens with one attached hydrogen (secondary N) is 1. The topological polar surface area (TPSA) is 15.3 Å². The molecule has 0 saturated carbocycles. The van der Waals surface area contributed by atoms with Crippen molar-refractivity contribution >= 4 is 0 Å². The number of hydrogen-bond acceptors (Lipinski definition) is 2. The zero-order valence-electron chi connectivity index (χ0n) is 11.8. The maximum Gasteiger partial charge on any atom is 0.00818 e. The minimum atomic E-state index is 0.646. The summed E-state index contributed by atoms with van der Waals surface area (Å²) < 4.78 is 0. The molecule has 1 aliphatic rings. The summed E-state index contributed by atoms with van der Waals surface area (Å²) in [4.78, 5) is 2.47. The van der Waals surface area contributed by atoms with Crippen molar-refractivity contribution in [2.24, 2.45) is 11.8 Å². The highest BCUT2D eigenvalue weighted by molar-refractivity contribution is 4.81. The molecule has 0 aromatic heterocycles. The Balaban J connectivity index is 2.35. The molecule has 1 rings (SSSR count). The van der Waals surface area contributed by atoms with Gasteiger partial charge < -0.3 is 10.2 Å². The van der Waals surface area contributed by atoms with Crippen LogP contribution in [0.15, 0.2) is 0 Å². The highest BCUT2D eigenvalue weighted by Crippen LogP contribution is 2.20. The monoisotopic (exact) mass is 226 g/mol. The van der Waals surface area contributed by atoms with Gasteiger partial charge in [0.15, 0.2) is 0 Å². The van der Waals surface area contributed by atoms with Crippen molar-refractivity contribution in [3.63, 3.8) is 0 Å². The average molecular weight is 226 g/mol. The maximum absolute atomic E-state index is 3.79. The minimum Gasteiger partial charge on any atom is -0.311 e. The molecule has 2 heteroatoms. The normalized spacial score (nSPS) is 28.7. The van der Waals surface area contributed by atoms with Gasteiger partial charge in [0.1, 0.15) is 0 Å². The van der Waals surface area contributed by atoms with Crippen LogP contribution in [0.1, 0.15) is 47.0 Å². The first-order valence-electron chi connectivity index (χ1n) is 6.99. The molecule has 96 valence electrons. The van der Waals surface area contributed by atoms with E-state index in [2.05, 4.69) is 45.0 Å². The van der Waals surface area contributed by atoms with E-state index in [-0.39, 0.29) is 0 Å². The van der Waals surface area contributed by atoms with Crippen molar-refractivity contribution in [3.05, 3.63) is 0 Å². The maximum atomic E-state index is 3.79. The number of rotatable bonds is 5. The molecule has 4 unspecified atom stereocenters. The Bertz CT molecular complexity index is 193. The van der Waals surface area contributed by atoms with Crippen molar-refractivity contribution in [1.29, 1.82) is 0 Å². The molecule has 0 aromatic carbocycles. The molecule has 1 saturated heterocycles. The molecule has 1 fully saturated rings. The lowest BCUT2D eigenvalue weighted by atomic mass is 9.90. The van der Waals surface area contributed by atoms with Gasteiger partial charge in [-0.05, 0) is 52.1 Å². The molecule has 2 nitrogen and oxygen atoms in total. The van der Waals surface area contributed by atoms with E-state index in [1.54, 1.807) is 0 Å². The Morgan fingerprint density at radius 2 is 2.00 bits per heavy atom. The van der Waals surface area contributed by atoms with E-state index in [1.807, 2.05) is 0 Å². The van der Waals surface area contributed by atoms with Crippen molar-refractivity contribution < 1.29 is 0 Å². The van der Waals surface area contributed by atoms with E-state index in [0.29, 0.717) is 12.1 Å². The number of hydrogen-bond donors (Lipinski definition) is 1. The molecular weight excluding hydrogens is 196 g/mol. The molecule has 0 radical (unpaired) electrons. The summed E-state index contributed by atoms with van der Waals surface area (Å²) in [5, 5.41) is 3.79. The highest BCUT2D eigenvalue weighted by Gasteiger charge is 2.24. The largest absolute Gasteiger partial charge is 0.311 e. The molecule has 16 heavy (non-hydrogen) atoms. The standard InChI is InChI=1S/C14H30N2/c1-6-11(2)12(3)15-13(4)14-8-7-9-16(5)10-14/h11-15H,6-10H2,1-5H3. The van der Waals surface area contributed by atoms with Crippen LogP contribution >= 0.6 is 0 Å². The van der Waals surface area contributed by atoms with E-state index in [4.69, 9.17) is 0 Å². The van der Waals surface area contributed by atoms with Gasteiger partial charge in [-0.1, -0.05) is 20.3 Å².